The molecule has 1 aliphatic heterocycles. The van der Waals surface area contributed by atoms with Gasteiger partial charge in [0.2, 0.25) is 0 Å². The fourth-order valence-corrected chi connectivity index (χ4v) is 4.49. The standard InChI is InChI=1S/C28H30N6O5/c1-28(2,17-33-9-11-34(12-10-33)27(37)20-6-4-5-19(13-20)15-29)32-26(36)25(35)31-21-7-8-22(23(14-21)38-3)24-16-30-18-39-24/h4-8,13-14,16,18H,9-12,17H2,1-3H3,(H,31,35)(H,32,36). The highest BCUT2D eigenvalue weighted by Gasteiger charge is 2.30. The number of nitrogens with zero attached hydrogens (tertiary/aromatic N) is 4. The Morgan fingerprint density at radius 3 is 2.54 bits per heavy atom. The third-order valence-electron chi connectivity index (χ3n) is 6.33. The van der Waals surface area contributed by atoms with Gasteiger partial charge in [-0.15, -0.1) is 0 Å². The minimum absolute atomic E-state index is 0.110. The van der Waals surface area contributed by atoms with Crippen molar-refractivity contribution in [3.8, 4) is 23.1 Å². The molecule has 2 aromatic carbocycles. The monoisotopic (exact) mass is 530 g/mol. The first-order valence-corrected chi connectivity index (χ1v) is 12.4. The Bertz CT molecular complexity index is 1390. The minimum Gasteiger partial charge on any atom is -0.496 e. The van der Waals surface area contributed by atoms with Crippen LogP contribution in [0.1, 0.15) is 29.8 Å². The average Bonchev–Trinajstić information content (AvgIpc) is 3.47. The van der Waals surface area contributed by atoms with Gasteiger partial charge in [-0.05, 0) is 44.2 Å². The molecule has 11 nitrogen and oxygen atoms in total. The second kappa shape index (κ2) is 11.8. The van der Waals surface area contributed by atoms with E-state index in [0.29, 0.717) is 66.6 Å². The number of methoxy groups -OCH3 is 1. The second-order valence-corrected chi connectivity index (χ2v) is 9.83. The van der Waals surface area contributed by atoms with Gasteiger partial charge in [-0.1, -0.05) is 6.07 Å². The fraction of sp³-hybridized carbons (Fsp3) is 0.321. The van der Waals surface area contributed by atoms with Gasteiger partial charge >= 0.3 is 11.8 Å². The van der Waals surface area contributed by atoms with Crippen molar-refractivity contribution in [3.63, 3.8) is 0 Å². The van der Waals surface area contributed by atoms with Gasteiger partial charge in [0.15, 0.2) is 12.2 Å². The maximum atomic E-state index is 12.8. The van der Waals surface area contributed by atoms with Gasteiger partial charge < -0.3 is 24.7 Å². The SMILES string of the molecule is COc1cc(NC(=O)C(=O)NC(C)(C)CN2CCN(C(=O)c3cccc(C#N)c3)CC2)ccc1-c1cnco1. The number of ether oxygens (including phenoxy) is 1. The largest absolute Gasteiger partial charge is 0.496 e. The van der Waals surface area contributed by atoms with E-state index in [1.807, 2.05) is 13.8 Å². The zero-order valence-electron chi connectivity index (χ0n) is 22.1. The Morgan fingerprint density at radius 1 is 1.10 bits per heavy atom. The average molecular weight is 531 g/mol. The molecule has 0 bridgehead atoms. The van der Waals surface area contributed by atoms with Gasteiger partial charge in [0, 0.05) is 55.6 Å². The molecule has 202 valence electrons. The van der Waals surface area contributed by atoms with Gasteiger partial charge in [0.1, 0.15) is 5.75 Å². The zero-order chi connectivity index (χ0) is 28.0. The van der Waals surface area contributed by atoms with Crippen LogP contribution in [0.4, 0.5) is 5.69 Å². The number of carbonyl (C=O) groups is 3. The lowest BCUT2D eigenvalue weighted by Gasteiger charge is -2.39. The fourth-order valence-electron chi connectivity index (χ4n) is 4.49. The number of aromatic nitrogens is 1. The van der Waals surface area contributed by atoms with E-state index in [2.05, 4.69) is 26.6 Å². The summed E-state index contributed by atoms with van der Waals surface area (Å²) >= 11 is 0. The van der Waals surface area contributed by atoms with Gasteiger partial charge in [-0.2, -0.15) is 5.26 Å². The first kappa shape index (κ1) is 27.3. The van der Waals surface area contributed by atoms with E-state index in [4.69, 9.17) is 14.4 Å². The van der Waals surface area contributed by atoms with E-state index in [0.717, 1.165) is 0 Å². The molecule has 1 saturated heterocycles. The van der Waals surface area contributed by atoms with Crippen molar-refractivity contribution >= 4 is 23.4 Å². The Labute approximate surface area is 226 Å². The van der Waals surface area contributed by atoms with Crippen molar-refractivity contribution in [2.75, 3.05) is 45.2 Å². The van der Waals surface area contributed by atoms with E-state index in [9.17, 15) is 14.4 Å². The number of hydrogen-bond donors (Lipinski definition) is 2. The number of carbonyl (C=O) groups excluding carboxylic acids is 3. The molecule has 1 fully saturated rings. The smallest absolute Gasteiger partial charge is 0.313 e. The first-order chi connectivity index (χ1) is 18.7. The molecule has 0 spiro atoms. The summed E-state index contributed by atoms with van der Waals surface area (Å²) in [5.74, 6) is -0.693. The van der Waals surface area contributed by atoms with Crippen molar-refractivity contribution < 1.29 is 23.5 Å². The third-order valence-corrected chi connectivity index (χ3v) is 6.33. The van der Waals surface area contributed by atoms with E-state index in [1.54, 1.807) is 53.6 Å². The number of benzene rings is 2. The molecule has 2 heterocycles. The maximum absolute atomic E-state index is 12.8. The Hall–Kier alpha value is -4.69. The van der Waals surface area contributed by atoms with Crippen LogP contribution in [0.2, 0.25) is 0 Å². The molecule has 1 aliphatic rings. The van der Waals surface area contributed by atoms with E-state index < -0.39 is 17.4 Å². The molecule has 1 aromatic heterocycles. The van der Waals surface area contributed by atoms with Gasteiger partial charge in [-0.3, -0.25) is 19.3 Å². The summed E-state index contributed by atoms with van der Waals surface area (Å²) in [5, 5.41) is 14.5. The van der Waals surface area contributed by atoms with Crippen LogP contribution < -0.4 is 15.4 Å². The molecule has 11 heteroatoms. The number of oxazole rings is 1. The molecule has 3 amide bonds. The first-order valence-electron chi connectivity index (χ1n) is 12.4. The van der Waals surface area contributed by atoms with Crippen LogP contribution in [-0.2, 0) is 9.59 Å². The Morgan fingerprint density at radius 2 is 1.87 bits per heavy atom. The van der Waals surface area contributed by atoms with Gasteiger partial charge in [0.25, 0.3) is 5.91 Å². The number of amides is 3. The van der Waals surface area contributed by atoms with E-state index >= 15 is 0 Å². The number of nitrogens with one attached hydrogen (secondary N) is 2. The van der Waals surface area contributed by atoms with Crippen molar-refractivity contribution in [3.05, 3.63) is 66.2 Å². The third kappa shape index (κ3) is 6.80. The number of rotatable bonds is 7. The highest BCUT2D eigenvalue weighted by atomic mass is 16.5. The number of hydrogen-bond acceptors (Lipinski definition) is 8. The molecular formula is C28H30N6O5. The van der Waals surface area contributed by atoms with E-state index in [1.165, 1.54) is 13.5 Å². The summed E-state index contributed by atoms with van der Waals surface area (Å²) in [4.78, 5) is 45.9. The Balaban J connectivity index is 1.28. The van der Waals surface area contributed by atoms with Crippen LogP contribution in [0, 0.1) is 11.3 Å². The van der Waals surface area contributed by atoms with Crippen LogP contribution in [0.25, 0.3) is 11.3 Å². The summed E-state index contributed by atoms with van der Waals surface area (Å²) in [7, 11) is 1.50. The predicted octanol–water partition coefficient (Wildman–Crippen LogP) is 2.51. The molecule has 0 radical (unpaired) electrons. The van der Waals surface area contributed by atoms with Crippen LogP contribution in [0.3, 0.4) is 0 Å². The van der Waals surface area contributed by atoms with Crippen molar-refractivity contribution in [2.24, 2.45) is 0 Å². The summed E-state index contributed by atoms with van der Waals surface area (Å²) in [6.07, 6.45) is 2.87. The zero-order valence-corrected chi connectivity index (χ0v) is 22.1. The summed E-state index contributed by atoms with van der Waals surface area (Å²) in [5.41, 5.74) is 1.30. The quantitative estimate of drug-likeness (QED) is 0.444. The number of piperazine rings is 1. The lowest BCUT2D eigenvalue weighted by atomic mass is 10.0. The highest BCUT2D eigenvalue weighted by Crippen LogP contribution is 2.32. The van der Waals surface area contributed by atoms with Gasteiger partial charge in [0.05, 0.1) is 30.5 Å². The van der Waals surface area contributed by atoms with Crippen LogP contribution >= 0.6 is 0 Å². The lowest BCUT2D eigenvalue weighted by Crippen LogP contribution is -2.57. The molecule has 39 heavy (non-hydrogen) atoms. The normalized spacial score (nSPS) is 13.8. The number of anilines is 1. The van der Waals surface area contributed by atoms with Crippen LogP contribution in [0.5, 0.6) is 5.75 Å². The highest BCUT2D eigenvalue weighted by molar-refractivity contribution is 6.39. The van der Waals surface area contributed by atoms with Crippen LogP contribution in [-0.4, -0.2) is 77.9 Å². The van der Waals surface area contributed by atoms with Crippen molar-refractivity contribution in [1.29, 1.82) is 5.26 Å². The van der Waals surface area contributed by atoms with Crippen molar-refractivity contribution in [2.45, 2.75) is 19.4 Å². The molecule has 0 atom stereocenters. The minimum atomic E-state index is -0.799. The van der Waals surface area contributed by atoms with Gasteiger partial charge in [-0.25, -0.2) is 4.98 Å². The van der Waals surface area contributed by atoms with Crippen LogP contribution in [0.15, 0.2) is 59.5 Å². The molecule has 0 saturated carbocycles. The number of nitriles is 1. The summed E-state index contributed by atoms with van der Waals surface area (Å²) < 4.78 is 10.7. The maximum Gasteiger partial charge on any atom is 0.313 e. The second-order valence-electron chi connectivity index (χ2n) is 9.83. The summed E-state index contributed by atoms with van der Waals surface area (Å²) in [6.45, 7) is 6.46. The molecule has 0 aliphatic carbocycles. The molecular weight excluding hydrogens is 500 g/mol. The van der Waals surface area contributed by atoms with Crippen molar-refractivity contribution in [1.82, 2.24) is 20.1 Å². The van der Waals surface area contributed by atoms with E-state index in [-0.39, 0.29) is 5.91 Å². The molecule has 0 unspecified atom stereocenters. The molecule has 3 aromatic rings. The topological polar surface area (TPSA) is 141 Å². The predicted molar refractivity (Wildman–Crippen MR) is 143 cm³/mol. The molecule has 4 rings (SSSR count). The Kier molecular flexibility index (Phi) is 8.27. The summed E-state index contributed by atoms with van der Waals surface area (Å²) in [6, 6.07) is 13.7. The lowest BCUT2D eigenvalue weighted by molar-refractivity contribution is -0.137. The molecule has 2 N–H and O–H groups in total.